The van der Waals surface area contributed by atoms with Gasteiger partial charge in [-0.05, 0) is 56.7 Å². The number of nitrogens with zero attached hydrogens (tertiary/aromatic N) is 5. The van der Waals surface area contributed by atoms with Crippen molar-refractivity contribution in [2.75, 3.05) is 19.6 Å². The summed E-state index contributed by atoms with van der Waals surface area (Å²) in [5, 5.41) is 5.82. The Kier molecular flexibility index (Phi) is 3.67. The molecular weight excluding hydrogens is 334 g/mol. The predicted octanol–water partition coefficient (Wildman–Crippen LogP) is 2.33. The Balaban J connectivity index is 1.58. The Morgan fingerprint density at radius 1 is 1.28 bits per heavy atom. The molecule has 0 amide bonds. The van der Waals surface area contributed by atoms with Gasteiger partial charge in [0.15, 0.2) is 5.65 Å². The number of hydrogen-bond donors (Lipinski definition) is 0. The van der Waals surface area contributed by atoms with Gasteiger partial charge in [0.2, 0.25) is 0 Å². The molecule has 0 saturated carbocycles. The first-order chi connectivity index (χ1) is 12.2. The zero-order valence-corrected chi connectivity index (χ0v) is 15.4. The van der Waals surface area contributed by atoms with Crippen LogP contribution in [0.2, 0.25) is 0 Å². The van der Waals surface area contributed by atoms with Crippen LogP contribution < -0.4 is 5.69 Å². The average Bonchev–Trinajstić information content (AvgIpc) is 3.30. The van der Waals surface area contributed by atoms with Crippen molar-refractivity contribution in [3.63, 3.8) is 0 Å². The Hall–Kier alpha value is -1.73. The summed E-state index contributed by atoms with van der Waals surface area (Å²) in [5.41, 5.74) is 2.11. The van der Waals surface area contributed by atoms with Crippen molar-refractivity contribution in [3.8, 4) is 0 Å². The molecular formula is C18H23N5OS. The second-order valence-electron chi connectivity index (χ2n) is 7.52. The van der Waals surface area contributed by atoms with E-state index in [9.17, 15) is 4.79 Å². The van der Waals surface area contributed by atoms with Crippen LogP contribution in [0, 0.1) is 5.92 Å². The number of fused-ring (bicyclic) bond motifs is 5. The third kappa shape index (κ3) is 2.52. The Labute approximate surface area is 150 Å². The van der Waals surface area contributed by atoms with Crippen molar-refractivity contribution in [1.82, 2.24) is 24.1 Å². The van der Waals surface area contributed by atoms with E-state index >= 15 is 0 Å². The minimum atomic E-state index is -0.0623. The maximum atomic E-state index is 12.7. The third-order valence-corrected chi connectivity index (χ3v) is 6.87. The molecule has 1 saturated heterocycles. The van der Waals surface area contributed by atoms with Crippen molar-refractivity contribution in [2.45, 2.75) is 45.6 Å². The zero-order valence-electron chi connectivity index (χ0n) is 14.6. The second-order valence-corrected chi connectivity index (χ2v) is 8.61. The van der Waals surface area contributed by atoms with Gasteiger partial charge in [0.05, 0.1) is 11.9 Å². The van der Waals surface area contributed by atoms with Gasteiger partial charge >= 0.3 is 5.69 Å². The van der Waals surface area contributed by atoms with Gasteiger partial charge in [-0.2, -0.15) is 0 Å². The van der Waals surface area contributed by atoms with Gasteiger partial charge < -0.3 is 4.90 Å². The fourth-order valence-corrected chi connectivity index (χ4v) is 5.60. The molecule has 3 aromatic heterocycles. The van der Waals surface area contributed by atoms with Crippen LogP contribution in [-0.4, -0.2) is 43.7 Å². The van der Waals surface area contributed by atoms with Gasteiger partial charge in [-0.3, -0.25) is 0 Å². The molecule has 6 nitrogen and oxygen atoms in total. The van der Waals surface area contributed by atoms with Gasteiger partial charge in [-0.25, -0.2) is 18.9 Å². The Bertz CT molecular complexity index is 994. The van der Waals surface area contributed by atoms with E-state index in [0.717, 1.165) is 54.3 Å². The molecule has 4 heterocycles. The highest BCUT2D eigenvalue weighted by atomic mass is 32.1. The average molecular weight is 357 g/mol. The summed E-state index contributed by atoms with van der Waals surface area (Å²) in [6.45, 7) is 6.16. The molecule has 3 aromatic rings. The maximum absolute atomic E-state index is 12.7. The van der Waals surface area contributed by atoms with Crippen LogP contribution in [0.5, 0.6) is 0 Å². The molecule has 1 aliphatic carbocycles. The van der Waals surface area contributed by atoms with E-state index in [2.05, 4.69) is 16.8 Å². The Morgan fingerprint density at radius 2 is 2.12 bits per heavy atom. The lowest BCUT2D eigenvalue weighted by molar-refractivity contribution is 0.313. The highest BCUT2D eigenvalue weighted by molar-refractivity contribution is 7.19. The molecule has 0 bridgehead atoms. The third-order valence-electron chi connectivity index (χ3n) is 5.70. The SMILES string of the molecule is CC1CCc2c(sc3ncn4c(=O)n(CCN5CCCC5)nc4c23)C1. The number of aromatic nitrogens is 4. The standard InChI is InChI=1S/C18H23N5OS/c1-12-4-5-13-14(10-12)25-17-15(13)16-20-23(18(24)22(16)11-19-17)9-8-21-6-2-3-7-21/h11-12H,2-10H2,1H3. The van der Waals surface area contributed by atoms with E-state index in [1.807, 2.05) is 0 Å². The van der Waals surface area contributed by atoms with E-state index in [1.54, 1.807) is 26.7 Å². The zero-order chi connectivity index (χ0) is 17.0. The molecule has 0 aromatic carbocycles. The van der Waals surface area contributed by atoms with Crippen LogP contribution in [0.25, 0.3) is 15.9 Å². The first-order valence-corrected chi connectivity index (χ1v) is 10.1. The molecule has 5 rings (SSSR count). The lowest BCUT2D eigenvalue weighted by atomic mass is 9.89. The van der Waals surface area contributed by atoms with E-state index in [-0.39, 0.29) is 5.69 Å². The molecule has 0 N–H and O–H groups in total. The molecule has 132 valence electrons. The summed E-state index contributed by atoms with van der Waals surface area (Å²) in [5.74, 6) is 0.733. The van der Waals surface area contributed by atoms with Crippen molar-refractivity contribution >= 4 is 27.2 Å². The molecule has 2 aliphatic rings. The topological polar surface area (TPSA) is 55.4 Å². The minimum absolute atomic E-state index is 0.0623. The maximum Gasteiger partial charge on any atom is 0.351 e. The van der Waals surface area contributed by atoms with Crippen molar-refractivity contribution in [1.29, 1.82) is 0 Å². The van der Waals surface area contributed by atoms with E-state index in [4.69, 9.17) is 5.10 Å². The van der Waals surface area contributed by atoms with E-state index in [1.165, 1.54) is 29.7 Å². The first-order valence-electron chi connectivity index (χ1n) is 9.31. The van der Waals surface area contributed by atoms with Crippen LogP contribution in [0.15, 0.2) is 11.1 Å². The summed E-state index contributed by atoms with van der Waals surface area (Å²) in [6, 6.07) is 0. The quantitative estimate of drug-likeness (QED) is 0.722. The molecule has 0 radical (unpaired) electrons. The number of hydrogen-bond acceptors (Lipinski definition) is 5. The van der Waals surface area contributed by atoms with Crippen LogP contribution in [-0.2, 0) is 19.4 Å². The fraction of sp³-hybridized carbons (Fsp3) is 0.611. The lowest BCUT2D eigenvalue weighted by Gasteiger charge is -2.17. The Morgan fingerprint density at radius 3 is 2.96 bits per heavy atom. The molecule has 1 aliphatic heterocycles. The van der Waals surface area contributed by atoms with Crippen LogP contribution in [0.4, 0.5) is 0 Å². The van der Waals surface area contributed by atoms with Crippen LogP contribution >= 0.6 is 11.3 Å². The lowest BCUT2D eigenvalue weighted by Crippen LogP contribution is -2.29. The molecule has 0 spiro atoms. The summed E-state index contributed by atoms with van der Waals surface area (Å²) in [6.07, 6.45) is 7.60. The summed E-state index contributed by atoms with van der Waals surface area (Å²) in [4.78, 5) is 22.2. The number of likely N-dealkylation sites (tertiary alicyclic amines) is 1. The van der Waals surface area contributed by atoms with Gasteiger partial charge in [0.1, 0.15) is 11.2 Å². The summed E-state index contributed by atoms with van der Waals surface area (Å²) in [7, 11) is 0. The molecule has 25 heavy (non-hydrogen) atoms. The van der Waals surface area contributed by atoms with Gasteiger partial charge in [0, 0.05) is 11.4 Å². The highest BCUT2D eigenvalue weighted by Gasteiger charge is 2.24. The molecule has 1 fully saturated rings. The smallest absolute Gasteiger partial charge is 0.301 e. The van der Waals surface area contributed by atoms with E-state index < -0.39 is 0 Å². The molecule has 7 heteroatoms. The predicted molar refractivity (Wildman–Crippen MR) is 99.5 cm³/mol. The summed E-state index contributed by atoms with van der Waals surface area (Å²) >= 11 is 1.78. The second kappa shape index (κ2) is 5.92. The van der Waals surface area contributed by atoms with Gasteiger partial charge in [0.25, 0.3) is 0 Å². The molecule has 1 unspecified atom stereocenters. The summed E-state index contributed by atoms with van der Waals surface area (Å²) < 4.78 is 3.27. The van der Waals surface area contributed by atoms with Crippen molar-refractivity contribution in [3.05, 3.63) is 27.3 Å². The number of rotatable bonds is 3. The monoisotopic (exact) mass is 357 g/mol. The van der Waals surface area contributed by atoms with Crippen molar-refractivity contribution < 1.29 is 0 Å². The number of aryl methyl sites for hydroxylation is 1. The van der Waals surface area contributed by atoms with Crippen LogP contribution in [0.3, 0.4) is 0 Å². The number of thiophene rings is 1. The largest absolute Gasteiger partial charge is 0.351 e. The first kappa shape index (κ1) is 15.5. The van der Waals surface area contributed by atoms with E-state index in [0.29, 0.717) is 6.54 Å². The fourth-order valence-electron chi connectivity index (χ4n) is 4.25. The van der Waals surface area contributed by atoms with Gasteiger partial charge in [-0.15, -0.1) is 16.4 Å². The highest BCUT2D eigenvalue weighted by Crippen LogP contribution is 2.38. The van der Waals surface area contributed by atoms with Crippen molar-refractivity contribution in [2.24, 2.45) is 5.92 Å². The normalized spacial score (nSPS) is 21.4. The molecule has 1 atom stereocenters. The van der Waals surface area contributed by atoms with Gasteiger partial charge in [-0.1, -0.05) is 6.92 Å². The minimum Gasteiger partial charge on any atom is -0.301 e. The van der Waals surface area contributed by atoms with Crippen LogP contribution in [0.1, 0.15) is 36.6 Å².